The van der Waals surface area contributed by atoms with Crippen molar-refractivity contribution in [1.82, 2.24) is 0 Å². The number of benzene rings is 2. The van der Waals surface area contributed by atoms with Gasteiger partial charge in [0.2, 0.25) is 0 Å². The van der Waals surface area contributed by atoms with E-state index in [1.807, 2.05) is 0 Å². The molecule has 6 nitrogen and oxygen atoms in total. The van der Waals surface area contributed by atoms with Crippen molar-refractivity contribution in [3.8, 4) is 0 Å². The molecule has 7 rings (SSSR count). The average molecular weight is 601 g/mol. The largest absolute Gasteiger partial charge is 0.462 e. The second-order valence-corrected chi connectivity index (χ2v) is 15.3. The Balaban J connectivity index is 0.934. The maximum Gasteiger partial charge on any atom is 0.310 e. The van der Waals surface area contributed by atoms with Crippen LogP contribution in [0.4, 0.5) is 0 Å². The minimum atomic E-state index is -0.336. The predicted octanol–water partition coefficient (Wildman–Crippen LogP) is 6.56. The Kier molecular flexibility index (Phi) is 8.34. The molecule has 44 heavy (non-hydrogen) atoms. The summed E-state index contributed by atoms with van der Waals surface area (Å²) >= 11 is 0. The Bertz CT molecular complexity index is 1190. The average Bonchev–Trinajstić information content (AvgIpc) is 2.94. The SMILES string of the molecule is C[N+]1(Cc2ccccc2)C2CCCC1CC(OC(=O)C1CCC1C(=O)OC1CC3CCCC(C1)[N+]3(C)Cc1ccccc1)C2. The van der Waals surface area contributed by atoms with Gasteiger partial charge in [-0.2, -0.15) is 0 Å². The molecule has 6 atom stereocenters. The van der Waals surface area contributed by atoms with Crippen molar-refractivity contribution in [2.24, 2.45) is 11.8 Å². The van der Waals surface area contributed by atoms with Crippen molar-refractivity contribution >= 4 is 11.9 Å². The number of ether oxygens (including phenoxy) is 2. The highest BCUT2D eigenvalue weighted by atomic mass is 16.6. The van der Waals surface area contributed by atoms with E-state index < -0.39 is 0 Å². The Morgan fingerprint density at radius 1 is 0.568 bits per heavy atom. The summed E-state index contributed by atoms with van der Waals surface area (Å²) in [6.07, 6.45) is 12.4. The van der Waals surface area contributed by atoms with Crippen LogP contribution in [-0.4, -0.2) is 71.4 Å². The topological polar surface area (TPSA) is 52.6 Å². The summed E-state index contributed by atoms with van der Waals surface area (Å²) in [5, 5.41) is 0. The van der Waals surface area contributed by atoms with E-state index >= 15 is 0 Å². The Labute approximate surface area is 263 Å². The van der Waals surface area contributed by atoms with Gasteiger partial charge in [-0.25, -0.2) is 0 Å². The standard InChI is InChI=1S/C38H52N2O4/c1-39(25-27-11-5-3-6-12-27)29-15-9-16-30(39)22-33(21-29)43-37(41)35-19-20-36(35)38(42)44-34-23-31-17-10-18-32(24-34)40(31,2)26-28-13-7-4-8-14-28/h3-8,11-14,29-36H,9-10,15-26H2,1-2H3/q+2. The van der Waals surface area contributed by atoms with Gasteiger partial charge in [0, 0.05) is 36.8 Å². The Morgan fingerprint density at radius 2 is 0.909 bits per heavy atom. The third-order valence-electron chi connectivity index (χ3n) is 12.8. The van der Waals surface area contributed by atoms with Crippen molar-refractivity contribution in [3.63, 3.8) is 0 Å². The molecule has 236 valence electrons. The number of carbonyl (C=O) groups excluding carboxylic acids is 2. The van der Waals surface area contributed by atoms with Crippen molar-refractivity contribution in [2.75, 3.05) is 14.1 Å². The fraction of sp³-hybridized carbons (Fsp3) is 0.632. The zero-order valence-electron chi connectivity index (χ0n) is 26.8. The number of carbonyl (C=O) groups is 2. The van der Waals surface area contributed by atoms with Crippen LogP contribution in [0.5, 0.6) is 0 Å². The van der Waals surface area contributed by atoms with E-state index in [1.165, 1.54) is 49.7 Å². The van der Waals surface area contributed by atoms with Gasteiger partial charge in [0.25, 0.3) is 0 Å². The summed E-state index contributed by atoms with van der Waals surface area (Å²) in [4.78, 5) is 26.9. The number of piperidine rings is 4. The lowest BCUT2D eigenvalue weighted by atomic mass is 9.73. The van der Waals surface area contributed by atoms with Crippen LogP contribution in [0.15, 0.2) is 60.7 Å². The highest BCUT2D eigenvalue weighted by Crippen LogP contribution is 2.45. The molecule has 5 aliphatic rings. The van der Waals surface area contributed by atoms with Gasteiger partial charge < -0.3 is 18.4 Å². The molecule has 4 aliphatic heterocycles. The van der Waals surface area contributed by atoms with Gasteiger partial charge >= 0.3 is 11.9 Å². The van der Waals surface area contributed by atoms with Crippen LogP contribution in [0.1, 0.15) is 88.2 Å². The number of quaternary nitrogens is 2. The molecule has 0 spiro atoms. The zero-order valence-corrected chi connectivity index (χ0v) is 26.8. The third-order valence-corrected chi connectivity index (χ3v) is 12.8. The second kappa shape index (κ2) is 12.2. The van der Waals surface area contributed by atoms with E-state index in [9.17, 15) is 9.59 Å². The molecule has 4 bridgehead atoms. The maximum absolute atomic E-state index is 13.5. The normalized spacial score (nSPS) is 39.5. The van der Waals surface area contributed by atoms with E-state index in [2.05, 4.69) is 74.8 Å². The monoisotopic (exact) mass is 600 g/mol. The van der Waals surface area contributed by atoms with Crippen LogP contribution in [-0.2, 0) is 32.2 Å². The molecule has 6 heteroatoms. The van der Waals surface area contributed by atoms with Crippen molar-refractivity contribution in [2.45, 2.75) is 127 Å². The van der Waals surface area contributed by atoms with Crippen LogP contribution in [0.3, 0.4) is 0 Å². The summed E-state index contributed by atoms with van der Waals surface area (Å²) in [7, 11) is 4.83. The fourth-order valence-corrected chi connectivity index (χ4v) is 10.0. The molecule has 1 saturated carbocycles. The molecule has 2 aromatic rings. The van der Waals surface area contributed by atoms with E-state index in [-0.39, 0.29) is 36.0 Å². The summed E-state index contributed by atoms with van der Waals surface area (Å²) in [6, 6.07) is 23.7. The highest BCUT2D eigenvalue weighted by molar-refractivity contribution is 5.84. The van der Waals surface area contributed by atoms with E-state index in [0.29, 0.717) is 24.2 Å². The van der Waals surface area contributed by atoms with E-state index in [4.69, 9.17) is 9.47 Å². The zero-order chi connectivity index (χ0) is 30.3. The van der Waals surface area contributed by atoms with Crippen LogP contribution in [0, 0.1) is 11.8 Å². The van der Waals surface area contributed by atoms with Crippen LogP contribution in [0.2, 0.25) is 0 Å². The molecular formula is C38H52N2O4+2. The lowest BCUT2D eigenvalue weighted by Gasteiger charge is -2.55. The lowest BCUT2D eigenvalue weighted by Crippen LogP contribution is -2.65. The molecule has 5 fully saturated rings. The maximum atomic E-state index is 13.5. The molecular weight excluding hydrogens is 548 g/mol. The number of rotatable bonds is 8. The van der Waals surface area contributed by atoms with Crippen LogP contribution < -0.4 is 0 Å². The number of nitrogens with zero attached hydrogens (tertiary/aromatic N) is 2. The molecule has 1 aliphatic carbocycles. The van der Waals surface area contributed by atoms with Crippen molar-refractivity contribution in [3.05, 3.63) is 71.8 Å². The molecule has 2 aromatic carbocycles. The Hall–Kier alpha value is -2.70. The number of hydrogen-bond acceptors (Lipinski definition) is 4. The first-order chi connectivity index (χ1) is 21.3. The minimum absolute atomic E-state index is 0.0326. The van der Waals surface area contributed by atoms with Gasteiger partial charge in [-0.1, -0.05) is 60.7 Å². The van der Waals surface area contributed by atoms with Gasteiger partial charge in [-0.05, 0) is 51.4 Å². The van der Waals surface area contributed by atoms with Crippen LogP contribution in [0.25, 0.3) is 0 Å². The number of esters is 2. The molecule has 0 aromatic heterocycles. The summed E-state index contributed by atoms with van der Waals surface area (Å²) in [5.41, 5.74) is 2.78. The number of fused-ring (bicyclic) bond motifs is 4. The Morgan fingerprint density at radius 3 is 1.23 bits per heavy atom. The lowest BCUT2D eigenvalue weighted by molar-refractivity contribution is -0.979. The predicted molar refractivity (Wildman–Crippen MR) is 170 cm³/mol. The smallest absolute Gasteiger partial charge is 0.310 e. The van der Waals surface area contributed by atoms with E-state index in [1.54, 1.807) is 0 Å². The van der Waals surface area contributed by atoms with Gasteiger partial charge in [-0.15, -0.1) is 0 Å². The molecule has 0 radical (unpaired) electrons. The summed E-state index contributed by atoms with van der Waals surface area (Å²) in [5.74, 6) is -0.991. The van der Waals surface area contributed by atoms with E-state index in [0.717, 1.165) is 60.6 Å². The third kappa shape index (κ3) is 5.73. The van der Waals surface area contributed by atoms with Gasteiger partial charge in [0.15, 0.2) is 0 Å². The quantitative estimate of drug-likeness (QED) is 0.254. The second-order valence-electron chi connectivity index (χ2n) is 15.3. The van der Waals surface area contributed by atoms with Crippen LogP contribution >= 0.6 is 0 Å². The molecule has 4 heterocycles. The van der Waals surface area contributed by atoms with Gasteiger partial charge in [0.1, 0.15) is 25.3 Å². The molecule has 6 unspecified atom stereocenters. The molecule has 0 N–H and O–H groups in total. The summed E-state index contributed by atoms with van der Waals surface area (Å²) in [6.45, 7) is 2.08. The first kappa shape index (κ1) is 30.0. The first-order valence-corrected chi connectivity index (χ1v) is 17.5. The summed E-state index contributed by atoms with van der Waals surface area (Å²) < 4.78 is 14.6. The first-order valence-electron chi connectivity index (χ1n) is 17.5. The van der Waals surface area contributed by atoms with Gasteiger partial charge in [0.05, 0.1) is 50.1 Å². The fourth-order valence-electron chi connectivity index (χ4n) is 10.0. The molecule has 4 saturated heterocycles. The van der Waals surface area contributed by atoms with Gasteiger partial charge in [-0.3, -0.25) is 9.59 Å². The minimum Gasteiger partial charge on any atom is -0.462 e. The highest BCUT2D eigenvalue weighted by Gasteiger charge is 2.53. The number of hydrogen-bond donors (Lipinski definition) is 0. The van der Waals surface area contributed by atoms with Crippen molar-refractivity contribution in [1.29, 1.82) is 0 Å². The van der Waals surface area contributed by atoms with Crippen molar-refractivity contribution < 1.29 is 28.0 Å². The molecule has 0 amide bonds.